The summed E-state index contributed by atoms with van der Waals surface area (Å²) >= 11 is 3.19. The van der Waals surface area contributed by atoms with Crippen molar-refractivity contribution in [2.75, 3.05) is 0 Å². The maximum atomic E-state index is 13.1. The zero-order valence-electron chi connectivity index (χ0n) is 12.7. The number of carbonyl (C=O) groups is 1. The number of halogens is 4. The van der Waals surface area contributed by atoms with Gasteiger partial charge in [-0.3, -0.25) is 4.79 Å². The van der Waals surface area contributed by atoms with Gasteiger partial charge in [-0.15, -0.1) is 0 Å². The molecule has 25 heavy (non-hydrogen) atoms. The van der Waals surface area contributed by atoms with Crippen LogP contribution in [0.3, 0.4) is 0 Å². The van der Waals surface area contributed by atoms with Crippen LogP contribution in [0, 0.1) is 0 Å². The van der Waals surface area contributed by atoms with Gasteiger partial charge < -0.3 is 5.11 Å². The van der Waals surface area contributed by atoms with Crippen LogP contribution in [-0.2, 0) is 5.72 Å². The summed E-state index contributed by atoms with van der Waals surface area (Å²) in [5, 5.41) is 14.9. The van der Waals surface area contributed by atoms with Gasteiger partial charge in [-0.25, -0.2) is 0 Å². The lowest BCUT2D eigenvalue weighted by Gasteiger charge is -2.31. The van der Waals surface area contributed by atoms with Gasteiger partial charge in [-0.1, -0.05) is 42.5 Å². The Kier molecular flexibility index (Phi) is 4.42. The van der Waals surface area contributed by atoms with Crippen LogP contribution >= 0.6 is 15.9 Å². The number of carbonyl (C=O) groups excluding carboxylic acids is 1. The van der Waals surface area contributed by atoms with Gasteiger partial charge in [-0.05, 0) is 28.1 Å². The Balaban J connectivity index is 2.10. The molecular formula is C17H12BrF3N2O2. The van der Waals surface area contributed by atoms with E-state index in [9.17, 15) is 23.1 Å². The summed E-state index contributed by atoms with van der Waals surface area (Å²) in [5.74, 6) is -0.835. The zero-order valence-corrected chi connectivity index (χ0v) is 14.3. The maximum absolute atomic E-state index is 13.1. The van der Waals surface area contributed by atoms with Crippen molar-refractivity contribution in [3.63, 3.8) is 0 Å². The molecule has 2 aromatic carbocycles. The molecule has 1 N–H and O–H groups in total. The first-order chi connectivity index (χ1) is 11.7. The van der Waals surface area contributed by atoms with Crippen molar-refractivity contribution in [3.8, 4) is 0 Å². The van der Waals surface area contributed by atoms with Crippen LogP contribution in [-0.4, -0.2) is 27.9 Å². The second kappa shape index (κ2) is 6.27. The van der Waals surface area contributed by atoms with Gasteiger partial charge in [0.1, 0.15) is 5.71 Å². The molecule has 0 spiro atoms. The highest BCUT2D eigenvalue weighted by Crippen LogP contribution is 2.40. The van der Waals surface area contributed by atoms with E-state index in [0.29, 0.717) is 9.48 Å². The summed E-state index contributed by atoms with van der Waals surface area (Å²) in [6.07, 6.45) is -5.58. The molecule has 4 nitrogen and oxygen atoms in total. The van der Waals surface area contributed by atoms with Crippen molar-refractivity contribution < 1.29 is 23.1 Å². The lowest BCUT2D eigenvalue weighted by Crippen LogP contribution is -2.43. The minimum Gasteiger partial charge on any atom is -0.365 e. The number of hydrogen-bond acceptors (Lipinski definition) is 3. The van der Waals surface area contributed by atoms with Crippen LogP contribution in [0.25, 0.3) is 0 Å². The first-order valence-corrected chi connectivity index (χ1v) is 8.04. The topological polar surface area (TPSA) is 52.9 Å². The van der Waals surface area contributed by atoms with Crippen LogP contribution in [0.5, 0.6) is 0 Å². The summed E-state index contributed by atoms with van der Waals surface area (Å²) < 4.78 is 39.8. The first-order valence-electron chi connectivity index (χ1n) is 7.25. The van der Waals surface area contributed by atoms with Gasteiger partial charge in [0.25, 0.3) is 5.91 Å². The predicted octanol–water partition coefficient (Wildman–Crippen LogP) is 4.06. The number of amides is 1. The second-order valence-corrected chi connectivity index (χ2v) is 6.36. The van der Waals surface area contributed by atoms with Crippen LogP contribution in [0.15, 0.2) is 64.2 Å². The highest BCUT2D eigenvalue weighted by Gasteiger charge is 2.53. The molecular weight excluding hydrogens is 401 g/mol. The van der Waals surface area contributed by atoms with E-state index in [1.165, 1.54) is 18.2 Å². The molecule has 0 bridgehead atoms. The quantitative estimate of drug-likeness (QED) is 0.808. The Labute approximate surface area is 149 Å². The Morgan fingerprint density at radius 2 is 1.72 bits per heavy atom. The lowest BCUT2D eigenvalue weighted by atomic mass is 9.96. The van der Waals surface area contributed by atoms with Crippen LogP contribution in [0.1, 0.15) is 22.3 Å². The van der Waals surface area contributed by atoms with Gasteiger partial charge in [-0.2, -0.15) is 23.3 Å². The Morgan fingerprint density at radius 3 is 2.32 bits per heavy atom. The smallest absolute Gasteiger partial charge is 0.365 e. The molecule has 0 saturated carbocycles. The lowest BCUT2D eigenvalue weighted by molar-refractivity contribution is -0.0816. The number of hydrogen-bond donors (Lipinski definition) is 1. The van der Waals surface area contributed by atoms with E-state index in [-0.39, 0.29) is 11.1 Å². The van der Waals surface area contributed by atoms with E-state index >= 15 is 0 Å². The normalized spacial score (nSPS) is 20.5. The number of alkyl halides is 3. The van der Waals surface area contributed by atoms with Gasteiger partial charge in [0.2, 0.25) is 0 Å². The molecule has 0 fully saturated rings. The number of nitrogens with zero attached hydrogens (tertiary/aromatic N) is 2. The molecule has 8 heteroatoms. The Hall–Kier alpha value is -2.19. The third kappa shape index (κ3) is 3.19. The van der Waals surface area contributed by atoms with Crippen molar-refractivity contribution in [1.82, 2.24) is 5.01 Å². The molecule has 1 aliphatic rings. The van der Waals surface area contributed by atoms with Gasteiger partial charge in [0.15, 0.2) is 5.72 Å². The van der Waals surface area contributed by atoms with E-state index in [0.717, 1.165) is 0 Å². The highest BCUT2D eigenvalue weighted by atomic mass is 79.9. The van der Waals surface area contributed by atoms with Crippen LogP contribution in [0.4, 0.5) is 13.2 Å². The molecule has 1 unspecified atom stereocenters. The average Bonchev–Trinajstić information content (AvgIpc) is 2.95. The summed E-state index contributed by atoms with van der Waals surface area (Å²) in [4.78, 5) is 12.8. The molecule has 0 saturated heterocycles. The standard InChI is InChI=1S/C17H12BrF3N2O2/c18-13-9-5-4-8-12(13)15(24)23-16(25,11-6-2-1-3-7-11)10-14(22-23)17(19,20)21/h1-9,25H,10H2. The summed E-state index contributed by atoms with van der Waals surface area (Å²) in [6, 6.07) is 14.0. The molecule has 2 aromatic rings. The first kappa shape index (κ1) is 17.6. The fraction of sp³-hybridized carbons (Fsp3) is 0.176. The fourth-order valence-electron chi connectivity index (χ4n) is 2.60. The molecule has 0 aromatic heterocycles. The summed E-state index contributed by atoms with van der Waals surface area (Å²) in [7, 11) is 0. The van der Waals surface area contributed by atoms with Crippen LogP contribution < -0.4 is 0 Å². The molecule has 0 aliphatic carbocycles. The fourth-order valence-corrected chi connectivity index (χ4v) is 3.05. The number of aliphatic hydroxyl groups is 1. The third-order valence-electron chi connectivity index (χ3n) is 3.85. The van der Waals surface area contributed by atoms with E-state index in [2.05, 4.69) is 21.0 Å². The minimum atomic E-state index is -4.74. The maximum Gasteiger partial charge on any atom is 0.431 e. The SMILES string of the molecule is O=C(c1ccccc1Br)N1N=C(C(F)(F)F)CC1(O)c1ccccc1. The van der Waals surface area contributed by atoms with E-state index in [4.69, 9.17) is 0 Å². The van der Waals surface area contributed by atoms with Gasteiger partial charge in [0, 0.05) is 10.0 Å². The number of rotatable bonds is 2. The number of benzene rings is 2. The zero-order chi connectivity index (χ0) is 18.2. The average molecular weight is 413 g/mol. The second-order valence-electron chi connectivity index (χ2n) is 5.50. The van der Waals surface area contributed by atoms with Gasteiger partial charge in [0.05, 0.1) is 12.0 Å². The largest absolute Gasteiger partial charge is 0.431 e. The van der Waals surface area contributed by atoms with Crippen LogP contribution in [0.2, 0.25) is 0 Å². The third-order valence-corrected chi connectivity index (χ3v) is 4.54. The minimum absolute atomic E-state index is 0.101. The molecule has 3 rings (SSSR count). The molecule has 0 radical (unpaired) electrons. The monoisotopic (exact) mass is 412 g/mol. The van der Waals surface area contributed by atoms with Crippen molar-refractivity contribution in [2.45, 2.75) is 18.3 Å². The Bertz CT molecular complexity index is 839. The molecule has 1 aliphatic heterocycles. The molecule has 1 amide bonds. The summed E-state index contributed by atoms with van der Waals surface area (Å²) in [6.45, 7) is 0. The van der Waals surface area contributed by atoms with Crippen molar-refractivity contribution in [1.29, 1.82) is 0 Å². The predicted molar refractivity (Wildman–Crippen MR) is 88.8 cm³/mol. The molecule has 1 atom stereocenters. The van der Waals surface area contributed by atoms with Crippen molar-refractivity contribution in [3.05, 3.63) is 70.2 Å². The number of hydrazone groups is 1. The van der Waals surface area contributed by atoms with Gasteiger partial charge >= 0.3 is 6.18 Å². The Morgan fingerprint density at radius 1 is 1.12 bits per heavy atom. The highest BCUT2D eigenvalue weighted by molar-refractivity contribution is 9.10. The van der Waals surface area contributed by atoms with E-state index in [1.807, 2.05) is 0 Å². The van der Waals surface area contributed by atoms with E-state index in [1.54, 1.807) is 36.4 Å². The van der Waals surface area contributed by atoms with E-state index < -0.39 is 29.9 Å². The summed E-state index contributed by atoms with van der Waals surface area (Å²) in [5.41, 5.74) is -3.17. The van der Waals surface area contributed by atoms with Crippen molar-refractivity contribution in [2.24, 2.45) is 5.10 Å². The van der Waals surface area contributed by atoms with Crippen molar-refractivity contribution >= 4 is 27.5 Å². The molecule has 130 valence electrons. The molecule has 1 heterocycles.